The van der Waals surface area contributed by atoms with Crippen molar-refractivity contribution >= 4 is 5.78 Å². The van der Waals surface area contributed by atoms with Gasteiger partial charge in [-0.15, -0.1) is 0 Å². The van der Waals surface area contributed by atoms with Crippen LogP contribution in [-0.2, 0) is 4.79 Å². The molecule has 1 atom stereocenters. The lowest BCUT2D eigenvalue weighted by Gasteiger charge is -2.33. The quantitative estimate of drug-likeness (QED) is 0.785. The van der Waals surface area contributed by atoms with Crippen LogP contribution >= 0.6 is 0 Å². The predicted molar refractivity (Wildman–Crippen MR) is 80.4 cm³/mol. The average molecular weight is 272 g/mol. The minimum Gasteiger partial charge on any atom is -0.373 e. The molecule has 0 fully saturated rings. The molecule has 20 heavy (non-hydrogen) atoms. The normalized spacial score (nSPS) is 25.8. The van der Waals surface area contributed by atoms with Crippen LogP contribution in [0.15, 0.2) is 34.9 Å². The topological polar surface area (TPSA) is 37.3 Å². The van der Waals surface area contributed by atoms with Crippen molar-refractivity contribution in [1.29, 1.82) is 0 Å². The number of hydrogen-bond donors (Lipinski definition) is 1. The van der Waals surface area contributed by atoms with E-state index in [1.807, 2.05) is 6.08 Å². The van der Waals surface area contributed by atoms with Crippen LogP contribution in [0.2, 0.25) is 0 Å². The van der Waals surface area contributed by atoms with E-state index in [9.17, 15) is 9.90 Å². The molecule has 2 heteroatoms. The molecule has 108 valence electrons. The number of aliphatic hydroxyl groups is 1. The number of Topliss-reactive ketones (excluding diaryl/α,β-unsaturated/α-hetero) is 1. The van der Waals surface area contributed by atoms with E-state index < -0.39 is 5.60 Å². The number of rotatable bonds is 4. The maximum Gasteiger partial charge on any atom is 0.198 e. The molecule has 0 bridgehead atoms. The third-order valence-electron chi connectivity index (χ3n) is 4.92. The molecular formula is C18H24O2. The minimum absolute atomic E-state index is 0.0312. The molecule has 0 spiro atoms. The van der Waals surface area contributed by atoms with Gasteiger partial charge in [-0.1, -0.05) is 18.2 Å². The molecule has 1 unspecified atom stereocenters. The van der Waals surface area contributed by atoms with Gasteiger partial charge in [-0.05, 0) is 80.9 Å². The van der Waals surface area contributed by atoms with Crippen LogP contribution in [0.4, 0.5) is 0 Å². The Bertz CT molecular complexity index is 496. The van der Waals surface area contributed by atoms with Crippen molar-refractivity contribution in [2.45, 2.75) is 69.8 Å². The van der Waals surface area contributed by atoms with Crippen LogP contribution in [0.1, 0.15) is 64.2 Å². The smallest absolute Gasteiger partial charge is 0.198 e. The molecule has 0 aromatic heterocycles. The van der Waals surface area contributed by atoms with Gasteiger partial charge in [0, 0.05) is 0 Å². The summed E-state index contributed by atoms with van der Waals surface area (Å²) < 4.78 is 0. The van der Waals surface area contributed by atoms with Gasteiger partial charge in [-0.25, -0.2) is 0 Å². The van der Waals surface area contributed by atoms with E-state index in [0.29, 0.717) is 0 Å². The van der Waals surface area contributed by atoms with Crippen LogP contribution in [0.3, 0.4) is 0 Å². The molecule has 0 amide bonds. The van der Waals surface area contributed by atoms with E-state index >= 15 is 0 Å². The fourth-order valence-electron chi connectivity index (χ4n) is 3.77. The van der Waals surface area contributed by atoms with Gasteiger partial charge in [-0.3, -0.25) is 4.79 Å². The summed E-state index contributed by atoms with van der Waals surface area (Å²) in [5.74, 6) is -0.0312. The number of carbonyl (C=O) groups is 1. The summed E-state index contributed by atoms with van der Waals surface area (Å²) in [5.41, 5.74) is 1.47. The number of allylic oxidation sites excluding steroid dienone is 3. The summed E-state index contributed by atoms with van der Waals surface area (Å²) in [6.45, 7) is 0. The fraction of sp³-hybridized carbons (Fsp3) is 0.611. The summed E-state index contributed by atoms with van der Waals surface area (Å²) >= 11 is 0. The van der Waals surface area contributed by atoms with Gasteiger partial charge >= 0.3 is 0 Å². The van der Waals surface area contributed by atoms with Gasteiger partial charge < -0.3 is 5.11 Å². The van der Waals surface area contributed by atoms with E-state index in [0.717, 1.165) is 74.5 Å². The fourth-order valence-corrected chi connectivity index (χ4v) is 3.77. The Kier molecular flexibility index (Phi) is 3.93. The molecule has 0 saturated carbocycles. The Morgan fingerprint density at radius 3 is 1.95 bits per heavy atom. The molecule has 0 aromatic carbocycles. The Labute approximate surface area is 121 Å². The lowest BCUT2D eigenvalue weighted by Crippen LogP contribution is -2.43. The van der Waals surface area contributed by atoms with Crippen molar-refractivity contribution < 1.29 is 9.90 Å². The zero-order valence-corrected chi connectivity index (χ0v) is 12.2. The molecule has 0 saturated heterocycles. The Hall–Kier alpha value is -1.15. The molecule has 0 heterocycles. The lowest BCUT2D eigenvalue weighted by molar-refractivity contribution is -0.127. The summed E-state index contributed by atoms with van der Waals surface area (Å²) in [4.78, 5) is 13.0. The number of ketones is 1. The molecule has 0 radical (unpaired) electrons. The van der Waals surface area contributed by atoms with Gasteiger partial charge in [0.25, 0.3) is 0 Å². The Morgan fingerprint density at radius 1 is 0.850 bits per heavy atom. The highest BCUT2D eigenvalue weighted by Gasteiger charge is 2.44. The third-order valence-corrected chi connectivity index (χ3v) is 4.92. The van der Waals surface area contributed by atoms with E-state index in [-0.39, 0.29) is 5.78 Å². The summed E-state index contributed by atoms with van der Waals surface area (Å²) in [6.07, 6.45) is 16.2. The first kappa shape index (κ1) is 13.8. The molecule has 2 nitrogen and oxygen atoms in total. The van der Waals surface area contributed by atoms with E-state index in [2.05, 4.69) is 12.2 Å². The molecule has 3 aliphatic rings. The first-order chi connectivity index (χ1) is 9.73. The van der Waals surface area contributed by atoms with Crippen molar-refractivity contribution in [3.63, 3.8) is 0 Å². The SMILES string of the molecule is O=C(C1=CCCC1)C(O)(C1=CCCC1)C1=CCCCC1. The van der Waals surface area contributed by atoms with Crippen LogP contribution in [0.25, 0.3) is 0 Å². The van der Waals surface area contributed by atoms with E-state index in [1.54, 1.807) is 0 Å². The van der Waals surface area contributed by atoms with Crippen LogP contribution < -0.4 is 0 Å². The summed E-state index contributed by atoms with van der Waals surface area (Å²) in [5, 5.41) is 11.3. The second-order valence-corrected chi connectivity index (χ2v) is 6.26. The lowest BCUT2D eigenvalue weighted by atomic mass is 9.75. The number of hydrogen-bond acceptors (Lipinski definition) is 2. The first-order valence-corrected chi connectivity index (χ1v) is 8.08. The highest BCUT2D eigenvalue weighted by atomic mass is 16.3. The van der Waals surface area contributed by atoms with Crippen molar-refractivity contribution in [2.75, 3.05) is 0 Å². The van der Waals surface area contributed by atoms with Crippen molar-refractivity contribution in [3.05, 3.63) is 34.9 Å². The predicted octanol–water partition coefficient (Wildman–Crippen LogP) is 4.01. The third kappa shape index (κ3) is 2.31. The maximum atomic E-state index is 13.0. The first-order valence-electron chi connectivity index (χ1n) is 8.08. The van der Waals surface area contributed by atoms with Gasteiger partial charge in [0.1, 0.15) is 0 Å². The zero-order chi connectivity index (χ0) is 14.0. The Balaban J connectivity index is 1.98. The second kappa shape index (κ2) is 5.69. The van der Waals surface area contributed by atoms with Gasteiger partial charge in [0.05, 0.1) is 0 Å². The average Bonchev–Trinajstić information content (AvgIpc) is 3.19. The van der Waals surface area contributed by atoms with Crippen molar-refractivity contribution in [1.82, 2.24) is 0 Å². The van der Waals surface area contributed by atoms with Crippen molar-refractivity contribution in [2.24, 2.45) is 0 Å². The standard InChI is InChI=1S/C18H24O2/c19-17(14-8-4-5-9-14)18(20,16-12-6-7-13-16)15-10-2-1-3-11-15/h8,10,12,20H,1-7,9,11,13H2. The van der Waals surface area contributed by atoms with Crippen molar-refractivity contribution in [3.8, 4) is 0 Å². The Morgan fingerprint density at radius 2 is 1.45 bits per heavy atom. The van der Waals surface area contributed by atoms with Crippen LogP contribution in [-0.4, -0.2) is 16.5 Å². The monoisotopic (exact) mass is 272 g/mol. The highest BCUT2D eigenvalue weighted by molar-refractivity contribution is 6.06. The second-order valence-electron chi connectivity index (χ2n) is 6.26. The van der Waals surface area contributed by atoms with Gasteiger partial charge in [-0.2, -0.15) is 0 Å². The minimum atomic E-state index is -1.31. The summed E-state index contributed by atoms with van der Waals surface area (Å²) in [6, 6.07) is 0. The number of carbonyl (C=O) groups excluding carboxylic acids is 1. The molecule has 3 rings (SSSR count). The zero-order valence-electron chi connectivity index (χ0n) is 12.2. The van der Waals surface area contributed by atoms with E-state index in [1.165, 1.54) is 6.42 Å². The van der Waals surface area contributed by atoms with Gasteiger partial charge in [0.2, 0.25) is 0 Å². The molecule has 3 aliphatic carbocycles. The molecule has 0 aliphatic heterocycles. The largest absolute Gasteiger partial charge is 0.373 e. The highest BCUT2D eigenvalue weighted by Crippen LogP contribution is 2.41. The molecule has 0 aromatic rings. The maximum absolute atomic E-state index is 13.0. The summed E-state index contributed by atoms with van der Waals surface area (Å²) in [7, 11) is 0. The van der Waals surface area contributed by atoms with Crippen LogP contribution in [0.5, 0.6) is 0 Å². The van der Waals surface area contributed by atoms with E-state index in [4.69, 9.17) is 0 Å². The molecular weight excluding hydrogens is 248 g/mol. The van der Waals surface area contributed by atoms with Crippen LogP contribution in [0, 0.1) is 0 Å². The molecule has 1 N–H and O–H groups in total. The van der Waals surface area contributed by atoms with Gasteiger partial charge in [0.15, 0.2) is 11.4 Å².